The number of ether oxygens (including phenoxy) is 1. The van der Waals surface area contributed by atoms with Crippen LogP contribution in [0.4, 0.5) is 0 Å². The molecule has 0 aliphatic carbocycles. The van der Waals surface area contributed by atoms with Crippen molar-refractivity contribution in [2.45, 2.75) is 29.5 Å². The Labute approximate surface area is 126 Å². The zero-order chi connectivity index (χ0) is 16.7. The zero-order valence-electron chi connectivity index (χ0n) is 12.0. The van der Waals surface area contributed by atoms with Crippen LogP contribution in [0.2, 0.25) is 0 Å². The van der Waals surface area contributed by atoms with Gasteiger partial charge in [0.2, 0.25) is 11.8 Å². The van der Waals surface area contributed by atoms with E-state index in [2.05, 4.69) is 10.1 Å². The average molecular weight is 332 g/mol. The molecule has 0 bridgehead atoms. The maximum atomic E-state index is 12.5. The first-order valence-corrected chi connectivity index (χ1v) is 7.95. The largest absolute Gasteiger partial charge is 0.480 e. The van der Waals surface area contributed by atoms with Gasteiger partial charge in [0.1, 0.15) is 16.9 Å². The Kier molecular flexibility index (Phi) is 4.00. The minimum Gasteiger partial charge on any atom is -0.480 e. The maximum absolute atomic E-state index is 12.5. The Morgan fingerprint density at radius 2 is 2.18 bits per heavy atom. The quantitative estimate of drug-likeness (QED) is 0.354. The number of hydrogen-bond donors (Lipinski definition) is 2. The van der Waals surface area contributed by atoms with Gasteiger partial charge >= 0.3 is 5.97 Å². The van der Waals surface area contributed by atoms with Crippen LogP contribution < -0.4 is 5.32 Å². The molecule has 0 aromatic rings. The van der Waals surface area contributed by atoms with E-state index in [0.29, 0.717) is 0 Å². The topological polar surface area (TPSA) is 130 Å². The van der Waals surface area contributed by atoms with Gasteiger partial charge in [-0.25, -0.2) is 13.2 Å². The van der Waals surface area contributed by atoms with Gasteiger partial charge in [-0.2, -0.15) is 0 Å². The van der Waals surface area contributed by atoms with Crippen molar-refractivity contribution in [3.05, 3.63) is 12.2 Å². The third-order valence-corrected chi connectivity index (χ3v) is 6.63. The van der Waals surface area contributed by atoms with Crippen LogP contribution >= 0.6 is 0 Å². The average Bonchev–Trinajstić information content (AvgIpc) is 2.57. The van der Waals surface area contributed by atoms with Crippen LogP contribution in [-0.2, 0) is 29.0 Å². The molecule has 2 N–H and O–H groups in total. The molecular formula is C12H16N2O7S. The highest BCUT2D eigenvalue weighted by Crippen LogP contribution is 2.46. The Balaban J connectivity index is 2.36. The van der Waals surface area contributed by atoms with E-state index < -0.39 is 43.8 Å². The number of carbonyl (C=O) groups excluding carboxylic acids is 2. The SMILES string of the molecule is COCNC(=O)/C=C/[C@@]1(C)[C@H](C(=O)O)N2C(=O)C[C@H]2S1(=O)=O. The second-order valence-corrected chi connectivity index (χ2v) is 7.75. The molecule has 122 valence electrons. The van der Waals surface area contributed by atoms with E-state index in [-0.39, 0.29) is 13.2 Å². The van der Waals surface area contributed by atoms with Crippen molar-refractivity contribution >= 4 is 27.6 Å². The summed E-state index contributed by atoms with van der Waals surface area (Å²) in [5.41, 5.74) is 0. The van der Waals surface area contributed by atoms with E-state index in [0.717, 1.165) is 17.1 Å². The van der Waals surface area contributed by atoms with Gasteiger partial charge in [-0.15, -0.1) is 0 Å². The van der Waals surface area contributed by atoms with Gasteiger partial charge in [0.25, 0.3) is 0 Å². The van der Waals surface area contributed by atoms with E-state index >= 15 is 0 Å². The fourth-order valence-electron chi connectivity index (χ4n) is 2.69. The van der Waals surface area contributed by atoms with Gasteiger partial charge < -0.3 is 20.1 Å². The molecule has 0 aromatic heterocycles. The van der Waals surface area contributed by atoms with Crippen LogP contribution in [-0.4, -0.2) is 66.2 Å². The molecule has 2 fully saturated rings. The molecule has 2 saturated heterocycles. The Bertz CT molecular complexity index is 656. The number of carboxylic acids is 1. The summed E-state index contributed by atoms with van der Waals surface area (Å²) in [7, 11) is -2.58. The summed E-state index contributed by atoms with van der Waals surface area (Å²) in [6, 6.07) is -1.55. The van der Waals surface area contributed by atoms with Crippen molar-refractivity contribution in [3.63, 3.8) is 0 Å². The Hall–Kier alpha value is -1.94. The van der Waals surface area contributed by atoms with Crippen molar-refractivity contribution in [1.82, 2.24) is 10.2 Å². The molecule has 2 aliphatic rings. The van der Waals surface area contributed by atoms with Crippen LogP contribution in [0.3, 0.4) is 0 Å². The first-order valence-electron chi connectivity index (χ1n) is 6.40. The number of rotatable bonds is 5. The number of β-lactam (4-membered cyclic amide) rings is 1. The van der Waals surface area contributed by atoms with Gasteiger partial charge in [-0.1, -0.05) is 6.08 Å². The van der Waals surface area contributed by atoms with Crippen molar-refractivity contribution < 1.29 is 32.6 Å². The smallest absolute Gasteiger partial charge is 0.328 e. The molecule has 0 unspecified atom stereocenters. The molecule has 2 rings (SSSR count). The van der Waals surface area contributed by atoms with E-state index in [9.17, 15) is 27.9 Å². The molecule has 0 saturated carbocycles. The normalized spacial score (nSPS) is 32.6. The predicted molar refractivity (Wildman–Crippen MR) is 73.2 cm³/mol. The molecule has 9 nitrogen and oxygen atoms in total. The number of sulfone groups is 1. The summed E-state index contributed by atoms with van der Waals surface area (Å²) < 4.78 is 27.8. The summed E-state index contributed by atoms with van der Waals surface area (Å²) in [6.45, 7) is 1.13. The number of nitrogens with one attached hydrogen (secondary N) is 1. The lowest BCUT2D eigenvalue weighted by Crippen LogP contribution is -2.57. The molecule has 2 amide bonds. The standard InChI is InChI=1S/C12H16N2O7S/c1-12(4-3-7(15)13-6-21-2)10(11(17)18)14-8(16)5-9(14)22(12,19)20/h3-4,9-10H,5-6H2,1-2H3,(H,13,15)(H,17,18)/b4-3+/t9-,10+,12+/m1/s1. The van der Waals surface area contributed by atoms with Crippen LogP contribution in [0.1, 0.15) is 13.3 Å². The van der Waals surface area contributed by atoms with Gasteiger partial charge in [-0.3, -0.25) is 9.59 Å². The summed E-state index contributed by atoms with van der Waals surface area (Å²) in [6.07, 6.45) is 1.74. The van der Waals surface area contributed by atoms with Crippen molar-refractivity contribution in [3.8, 4) is 0 Å². The Morgan fingerprint density at radius 1 is 1.55 bits per heavy atom. The second kappa shape index (κ2) is 5.36. The van der Waals surface area contributed by atoms with Crippen LogP contribution in [0.25, 0.3) is 0 Å². The second-order valence-electron chi connectivity index (χ2n) is 5.24. The number of hydrogen-bond acceptors (Lipinski definition) is 6. The summed E-state index contributed by atoms with van der Waals surface area (Å²) >= 11 is 0. The van der Waals surface area contributed by atoms with Crippen LogP contribution in [0.15, 0.2) is 12.2 Å². The minimum atomic E-state index is -3.94. The van der Waals surface area contributed by atoms with E-state index in [4.69, 9.17) is 0 Å². The number of methoxy groups -OCH3 is 1. The molecular weight excluding hydrogens is 316 g/mol. The lowest BCUT2D eigenvalue weighted by molar-refractivity contribution is -0.157. The van der Waals surface area contributed by atoms with E-state index in [1.807, 2.05) is 0 Å². The molecule has 0 aromatic carbocycles. The van der Waals surface area contributed by atoms with Crippen molar-refractivity contribution in [1.29, 1.82) is 0 Å². The molecule has 2 heterocycles. The highest BCUT2D eigenvalue weighted by molar-refractivity contribution is 7.94. The van der Waals surface area contributed by atoms with Crippen LogP contribution in [0, 0.1) is 0 Å². The monoisotopic (exact) mass is 332 g/mol. The number of carbonyl (C=O) groups is 3. The number of nitrogens with zero attached hydrogens (tertiary/aromatic N) is 1. The summed E-state index contributed by atoms with van der Waals surface area (Å²) in [5.74, 6) is -2.58. The van der Waals surface area contributed by atoms with Gasteiger partial charge in [0.05, 0.1) is 6.42 Å². The Morgan fingerprint density at radius 3 is 2.68 bits per heavy atom. The molecule has 0 radical (unpaired) electrons. The fourth-order valence-corrected chi connectivity index (χ4v) is 4.96. The third-order valence-electron chi connectivity index (χ3n) is 3.93. The number of fused-ring (bicyclic) bond motifs is 1. The van der Waals surface area contributed by atoms with Gasteiger partial charge in [0, 0.05) is 13.2 Å². The molecule has 2 aliphatic heterocycles. The fraction of sp³-hybridized carbons (Fsp3) is 0.583. The number of amides is 2. The van der Waals surface area contributed by atoms with Crippen molar-refractivity contribution in [2.75, 3.05) is 13.8 Å². The maximum Gasteiger partial charge on any atom is 0.328 e. The molecule has 22 heavy (non-hydrogen) atoms. The minimum absolute atomic E-state index is 0.0672. The molecule has 10 heteroatoms. The van der Waals surface area contributed by atoms with Gasteiger partial charge in [0.15, 0.2) is 15.9 Å². The van der Waals surface area contributed by atoms with Crippen molar-refractivity contribution in [2.24, 2.45) is 0 Å². The zero-order valence-corrected chi connectivity index (χ0v) is 12.8. The highest BCUT2D eigenvalue weighted by atomic mass is 32.2. The third kappa shape index (κ3) is 2.18. The number of carboxylic acid groups (broad SMARTS) is 1. The van der Waals surface area contributed by atoms with Crippen LogP contribution in [0.5, 0.6) is 0 Å². The predicted octanol–water partition coefficient (Wildman–Crippen LogP) is -1.54. The summed E-state index contributed by atoms with van der Waals surface area (Å²) in [4.78, 5) is 35.4. The highest BCUT2D eigenvalue weighted by Gasteiger charge is 2.69. The lowest BCUT2D eigenvalue weighted by Gasteiger charge is -2.35. The van der Waals surface area contributed by atoms with E-state index in [1.54, 1.807) is 0 Å². The lowest BCUT2D eigenvalue weighted by atomic mass is 9.96. The van der Waals surface area contributed by atoms with E-state index in [1.165, 1.54) is 14.0 Å². The molecule has 0 spiro atoms. The number of aliphatic carboxylic acids is 1. The summed E-state index contributed by atoms with van der Waals surface area (Å²) in [5, 5.41) is 10.5. The van der Waals surface area contributed by atoms with Gasteiger partial charge in [-0.05, 0) is 6.92 Å². The first-order chi connectivity index (χ1) is 10.2. The molecule has 3 atom stereocenters. The first kappa shape index (κ1) is 16.4.